The van der Waals surface area contributed by atoms with Crippen molar-refractivity contribution >= 4 is 17.6 Å². The molecule has 0 fully saturated rings. The van der Waals surface area contributed by atoms with Gasteiger partial charge in [0.15, 0.2) is 0 Å². The van der Waals surface area contributed by atoms with Crippen molar-refractivity contribution in [2.24, 2.45) is 0 Å². The number of carboxylic acids is 1. The van der Waals surface area contributed by atoms with E-state index in [-0.39, 0.29) is 17.5 Å². The number of nitrogens with zero attached hydrogens (tertiary/aromatic N) is 2. The van der Waals surface area contributed by atoms with E-state index in [4.69, 9.17) is 0 Å². The molecule has 0 saturated carbocycles. The van der Waals surface area contributed by atoms with Crippen molar-refractivity contribution in [3.63, 3.8) is 0 Å². The molecule has 5 rings (SSSR count). The second-order valence-corrected chi connectivity index (χ2v) is 7.75. The first-order chi connectivity index (χ1) is 15.6. The van der Waals surface area contributed by atoms with Gasteiger partial charge in [-0.25, -0.2) is 4.79 Å². The number of aryl methyl sites for hydroxylation is 1. The molecular weight excluding hydrogens is 402 g/mol. The smallest absolute Gasteiger partial charge is 0.335 e. The third-order valence-electron chi connectivity index (χ3n) is 5.91. The largest absolute Gasteiger partial charge is 0.478 e. The lowest BCUT2D eigenvalue weighted by molar-refractivity contribution is 0.0696. The van der Waals surface area contributed by atoms with E-state index in [2.05, 4.69) is 29.3 Å². The summed E-state index contributed by atoms with van der Waals surface area (Å²) >= 11 is 0. The van der Waals surface area contributed by atoms with E-state index in [0.717, 1.165) is 28.8 Å². The van der Waals surface area contributed by atoms with Crippen molar-refractivity contribution in [3.05, 3.63) is 107 Å². The number of carbonyl (C=O) groups excluding carboxylic acids is 1. The molecule has 2 N–H and O–H groups in total. The van der Waals surface area contributed by atoms with Crippen LogP contribution >= 0.6 is 0 Å². The highest BCUT2D eigenvalue weighted by molar-refractivity contribution is 6.11. The second kappa shape index (κ2) is 7.81. The molecule has 1 amide bonds. The van der Waals surface area contributed by atoms with E-state index in [1.54, 1.807) is 17.0 Å². The van der Waals surface area contributed by atoms with Crippen LogP contribution in [0.1, 0.15) is 50.5 Å². The molecule has 1 aliphatic rings. The summed E-state index contributed by atoms with van der Waals surface area (Å²) < 4.78 is 0. The first-order valence-electron chi connectivity index (χ1n) is 10.5. The summed E-state index contributed by atoms with van der Waals surface area (Å²) in [6.45, 7) is 2.10. The highest BCUT2D eigenvalue weighted by Crippen LogP contribution is 2.45. The van der Waals surface area contributed by atoms with Gasteiger partial charge in [0, 0.05) is 16.8 Å². The Kier molecular flexibility index (Phi) is 4.82. The first-order valence-corrected chi connectivity index (χ1v) is 10.5. The van der Waals surface area contributed by atoms with E-state index in [1.165, 1.54) is 17.7 Å². The number of aromatic amines is 1. The van der Waals surface area contributed by atoms with Crippen molar-refractivity contribution in [1.82, 2.24) is 10.2 Å². The maximum atomic E-state index is 13.5. The van der Waals surface area contributed by atoms with Crippen LogP contribution in [-0.2, 0) is 6.42 Å². The second-order valence-electron chi connectivity index (χ2n) is 7.75. The summed E-state index contributed by atoms with van der Waals surface area (Å²) in [7, 11) is 0. The molecule has 0 radical (unpaired) electrons. The lowest BCUT2D eigenvalue weighted by atomic mass is 9.95. The SMILES string of the molecule is CCc1ccc([C@@H]2c3c(-c4ccccc4)n[nH]c3C(=O)N2c2ccc(C(=O)O)cc2)cc1. The number of hydrogen-bond donors (Lipinski definition) is 2. The number of carbonyl (C=O) groups is 2. The van der Waals surface area contributed by atoms with Gasteiger partial charge in [-0.3, -0.25) is 14.8 Å². The van der Waals surface area contributed by atoms with Crippen LogP contribution in [0.25, 0.3) is 11.3 Å². The summed E-state index contributed by atoms with van der Waals surface area (Å²) in [4.78, 5) is 26.5. The molecule has 2 heterocycles. The number of aromatic nitrogens is 2. The fourth-order valence-corrected chi connectivity index (χ4v) is 4.25. The fraction of sp³-hybridized carbons (Fsp3) is 0.115. The van der Waals surface area contributed by atoms with E-state index >= 15 is 0 Å². The van der Waals surface area contributed by atoms with Crippen molar-refractivity contribution in [2.45, 2.75) is 19.4 Å². The number of carboxylic acid groups (broad SMARTS) is 1. The van der Waals surface area contributed by atoms with Gasteiger partial charge in [-0.2, -0.15) is 5.10 Å². The van der Waals surface area contributed by atoms with Crippen molar-refractivity contribution in [3.8, 4) is 11.3 Å². The summed E-state index contributed by atoms with van der Waals surface area (Å²) in [5, 5.41) is 16.7. The lowest BCUT2D eigenvalue weighted by Gasteiger charge is -2.26. The standard InChI is InChI=1S/C26H21N3O3/c1-2-16-8-10-18(11-9-16)24-21-22(17-6-4-3-5-7-17)27-28-23(21)25(30)29(24)20-14-12-19(13-15-20)26(31)32/h3-15,24H,2H2,1H3,(H,27,28)(H,31,32)/t24-/m1/s1. The molecule has 0 saturated heterocycles. The predicted molar refractivity (Wildman–Crippen MR) is 122 cm³/mol. The number of hydrogen-bond acceptors (Lipinski definition) is 3. The third-order valence-corrected chi connectivity index (χ3v) is 5.91. The van der Waals surface area contributed by atoms with Gasteiger partial charge < -0.3 is 5.11 Å². The molecule has 3 aromatic carbocycles. The van der Waals surface area contributed by atoms with Crippen molar-refractivity contribution < 1.29 is 14.7 Å². The average molecular weight is 423 g/mol. The van der Waals surface area contributed by atoms with Gasteiger partial charge in [-0.05, 0) is 41.8 Å². The minimum absolute atomic E-state index is 0.175. The quantitative estimate of drug-likeness (QED) is 0.468. The Morgan fingerprint density at radius 2 is 1.69 bits per heavy atom. The van der Waals surface area contributed by atoms with E-state index in [1.807, 2.05) is 42.5 Å². The zero-order valence-electron chi connectivity index (χ0n) is 17.4. The summed E-state index contributed by atoms with van der Waals surface area (Å²) in [6, 6.07) is 24.0. The van der Waals surface area contributed by atoms with E-state index in [9.17, 15) is 14.7 Å². The van der Waals surface area contributed by atoms with Gasteiger partial charge in [0.05, 0.1) is 17.3 Å². The van der Waals surface area contributed by atoms with Crippen LogP contribution in [0.3, 0.4) is 0 Å². The summed E-state index contributed by atoms with van der Waals surface area (Å²) in [5.74, 6) is -1.20. The maximum absolute atomic E-state index is 13.5. The number of fused-ring (bicyclic) bond motifs is 1. The number of anilines is 1. The molecule has 0 aliphatic carbocycles. The van der Waals surface area contributed by atoms with Gasteiger partial charge >= 0.3 is 5.97 Å². The van der Waals surface area contributed by atoms with Gasteiger partial charge in [0.25, 0.3) is 5.91 Å². The molecule has 1 atom stereocenters. The molecule has 4 aromatic rings. The van der Waals surface area contributed by atoms with E-state index < -0.39 is 5.97 Å². The van der Waals surface area contributed by atoms with E-state index in [0.29, 0.717) is 11.4 Å². The molecule has 0 spiro atoms. The Bertz CT molecular complexity index is 1290. The first kappa shape index (κ1) is 19.8. The molecule has 0 unspecified atom stereocenters. The number of nitrogens with one attached hydrogen (secondary N) is 1. The highest BCUT2D eigenvalue weighted by atomic mass is 16.4. The van der Waals surface area contributed by atoms with Crippen molar-refractivity contribution in [2.75, 3.05) is 4.90 Å². The molecule has 32 heavy (non-hydrogen) atoms. The van der Waals surface area contributed by atoms with Crippen molar-refractivity contribution in [1.29, 1.82) is 0 Å². The zero-order chi connectivity index (χ0) is 22.2. The molecule has 1 aliphatic heterocycles. The van der Waals surface area contributed by atoms with Crippen LogP contribution in [0.2, 0.25) is 0 Å². The number of H-pyrrole nitrogens is 1. The van der Waals surface area contributed by atoms with Gasteiger partial charge in [0.1, 0.15) is 5.69 Å². The van der Waals surface area contributed by atoms with Crippen LogP contribution < -0.4 is 4.90 Å². The average Bonchev–Trinajstić information content (AvgIpc) is 3.39. The molecule has 0 bridgehead atoms. The van der Waals surface area contributed by atoms with Gasteiger partial charge in [-0.1, -0.05) is 61.5 Å². The molecule has 158 valence electrons. The van der Waals surface area contributed by atoms with Gasteiger partial charge in [-0.15, -0.1) is 0 Å². The molecule has 6 nitrogen and oxygen atoms in total. The molecular formula is C26H21N3O3. The lowest BCUT2D eigenvalue weighted by Crippen LogP contribution is -2.29. The minimum atomic E-state index is -1.00. The number of benzene rings is 3. The number of amides is 1. The Morgan fingerprint density at radius 1 is 1.00 bits per heavy atom. The van der Waals surface area contributed by atoms with Crippen LogP contribution in [0.15, 0.2) is 78.9 Å². The zero-order valence-corrected chi connectivity index (χ0v) is 17.4. The maximum Gasteiger partial charge on any atom is 0.335 e. The Labute approximate surface area is 185 Å². The summed E-state index contributed by atoms with van der Waals surface area (Å²) in [5.41, 5.74) is 5.94. The van der Waals surface area contributed by atoms with Gasteiger partial charge in [0.2, 0.25) is 0 Å². The topological polar surface area (TPSA) is 86.3 Å². The predicted octanol–water partition coefficient (Wildman–Crippen LogP) is 5.09. The summed E-state index contributed by atoms with van der Waals surface area (Å²) in [6.07, 6.45) is 0.927. The van der Waals surface area contributed by atoms with Crippen LogP contribution in [-0.4, -0.2) is 27.2 Å². The Morgan fingerprint density at radius 3 is 2.31 bits per heavy atom. The van der Waals surface area contributed by atoms with Crippen LogP contribution in [0.4, 0.5) is 5.69 Å². The Balaban J connectivity index is 1.68. The van der Waals surface area contributed by atoms with Crippen LogP contribution in [0.5, 0.6) is 0 Å². The normalized spacial score (nSPS) is 15.1. The number of aromatic carboxylic acids is 1. The van der Waals surface area contributed by atoms with Crippen LogP contribution in [0, 0.1) is 0 Å². The monoisotopic (exact) mass is 423 g/mol. The molecule has 6 heteroatoms. The Hall–Kier alpha value is -4.19. The third kappa shape index (κ3) is 3.17. The fourth-order valence-electron chi connectivity index (χ4n) is 4.25. The molecule has 1 aromatic heterocycles. The minimum Gasteiger partial charge on any atom is -0.478 e. The number of rotatable bonds is 5. The highest BCUT2D eigenvalue weighted by Gasteiger charge is 2.43.